The van der Waals surface area contributed by atoms with Gasteiger partial charge in [0.15, 0.2) is 0 Å². The molecule has 0 bridgehead atoms. The standard InChI is InChI=1S/C25H26N4OS/c1-15-10-9-13-22(16(15)2)27-24(30)23-18(4)26-25(31-23)29-19(5)21(17(3)28-29)14-20-11-7-6-8-12-20/h6-13H,14H2,1-5H3,(H,27,30). The van der Waals surface area contributed by atoms with E-state index in [0.29, 0.717) is 15.7 Å². The van der Waals surface area contributed by atoms with Gasteiger partial charge in [0.25, 0.3) is 5.91 Å². The van der Waals surface area contributed by atoms with Gasteiger partial charge in [0, 0.05) is 23.4 Å². The number of hydrogen-bond acceptors (Lipinski definition) is 4. The van der Waals surface area contributed by atoms with E-state index in [2.05, 4.69) is 41.5 Å². The minimum atomic E-state index is -0.138. The Balaban J connectivity index is 1.62. The second-order valence-corrected chi connectivity index (χ2v) is 8.81. The average Bonchev–Trinajstić information content (AvgIpc) is 3.27. The molecule has 2 aromatic heterocycles. The lowest BCUT2D eigenvalue weighted by atomic mass is 10.0. The number of amides is 1. The number of carbonyl (C=O) groups is 1. The molecule has 0 saturated heterocycles. The summed E-state index contributed by atoms with van der Waals surface area (Å²) in [5.41, 5.74) is 8.23. The zero-order valence-corrected chi connectivity index (χ0v) is 19.3. The van der Waals surface area contributed by atoms with Gasteiger partial charge in [0.05, 0.1) is 11.4 Å². The predicted octanol–water partition coefficient (Wildman–Crippen LogP) is 5.71. The van der Waals surface area contributed by atoms with Gasteiger partial charge in [-0.1, -0.05) is 53.8 Å². The van der Waals surface area contributed by atoms with Crippen molar-refractivity contribution in [1.29, 1.82) is 0 Å². The lowest BCUT2D eigenvalue weighted by Crippen LogP contribution is -2.12. The monoisotopic (exact) mass is 430 g/mol. The Kier molecular flexibility index (Phi) is 5.74. The molecule has 4 rings (SSSR count). The Morgan fingerprint density at radius 1 is 0.968 bits per heavy atom. The summed E-state index contributed by atoms with van der Waals surface area (Å²) in [7, 11) is 0. The fourth-order valence-corrected chi connectivity index (χ4v) is 4.63. The number of rotatable bonds is 5. The lowest BCUT2D eigenvalue weighted by molar-refractivity contribution is 0.102. The third-order valence-corrected chi connectivity index (χ3v) is 6.82. The van der Waals surface area contributed by atoms with E-state index >= 15 is 0 Å². The zero-order valence-electron chi connectivity index (χ0n) is 18.5. The maximum absolute atomic E-state index is 13.0. The molecule has 0 spiro atoms. The van der Waals surface area contributed by atoms with E-state index < -0.39 is 0 Å². The highest BCUT2D eigenvalue weighted by atomic mass is 32.1. The summed E-state index contributed by atoms with van der Waals surface area (Å²) in [5, 5.41) is 8.48. The molecule has 5 nitrogen and oxygen atoms in total. The number of benzene rings is 2. The summed E-state index contributed by atoms with van der Waals surface area (Å²) in [5.74, 6) is -0.138. The minimum absolute atomic E-state index is 0.138. The van der Waals surface area contributed by atoms with Crippen LogP contribution in [0.25, 0.3) is 5.13 Å². The van der Waals surface area contributed by atoms with Crippen LogP contribution in [0.5, 0.6) is 0 Å². The van der Waals surface area contributed by atoms with E-state index in [0.717, 1.165) is 34.6 Å². The smallest absolute Gasteiger partial charge is 0.267 e. The highest BCUT2D eigenvalue weighted by molar-refractivity contribution is 7.16. The predicted molar refractivity (Wildman–Crippen MR) is 127 cm³/mol. The van der Waals surface area contributed by atoms with Crippen molar-refractivity contribution >= 4 is 22.9 Å². The summed E-state index contributed by atoms with van der Waals surface area (Å²) >= 11 is 1.37. The largest absolute Gasteiger partial charge is 0.321 e. The molecule has 6 heteroatoms. The summed E-state index contributed by atoms with van der Waals surface area (Å²) in [4.78, 5) is 18.2. The fourth-order valence-electron chi connectivity index (χ4n) is 3.67. The first-order valence-corrected chi connectivity index (χ1v) is 11.1. The van der Waals surface area contributed by atoms with Crippen molar-refractivity contribution < 1.29 is 4.79 Å². The second-order valence-electron chi connectivity index (χ2n) is 7.84. The van der Waals surface area contributed by atoms with E-state index in [1.54, 1.807) is 0 Å². The maximum Gasteiger partial charge on any atom is 0.267 e. The third-order valence-electron chi connectivity index (χ3n) is 5.69. The molecule has 158 valence electrons. The van der Waals surface area contributed by atoms with Crippen LogP contribution in [-0.2, 0) is 6.42 Å². The molecule has 2 heterocycles. The molecule has 0 unspecified atom stereocenters. The average molecular weight is 431 g/mol. The van der Waals surface area contributed by atoms with Gasteiger partial charge in [-0.05, 0) is 57.4 Å². The normalized spacial score (nSPS) is 11.0. The Hall–Kier alpha value is -3.25. The molecular formula is C25H26N4OS. The summed E-state index contributed by atoms with van der Waals surface area (Å²) in [6.07, 6.45) is 0.822. The SMILES string of the molecule is Cc1cccc(NC(=O)c2sc(-n3nc(C)c(Cc4ccccc4)c3C)nc2C)c1C. The van der Waals surface area contributed by atoms with Crippen LogP contribution >= 0.6 is 11.3 Å². The second kappa shape index (κ2) is 8.47. The summed E-state index contributed by atoms with van der Waals surface area (Å²) in [6.45, 7) is 10.0. The number of nitrogens with one attached hydrogen (secondary N) is 1. The highest BCUT2D eigenvalue weighted by Crippen LogP contribution is 2.27. The lowest BCUT2D eigenvalue weighted by Gasteiger charge is -2.09. The van der Waals surface area contributed by atoms with Gasteiger partial charge in [0.1, 0.15) is 4.88 Å². The van der Waals surface area contributed by atoms with Crippen LogP contribution in [-0.4, -0.2) is 20.7 Å². The number of aryl methyl sites for hydroxylation is 3. The van der Waals surface area contributed by atoms with E-state index in [1.165, 1.54) is 22.5 Å². The van der Waals surface area contributed by atoms with Crippen molar-refractivity contribution in [3.63, 3.8) is 0 Å². The first kappa shape index (κ1) is 21.0. The Morgan fingerprint density at radius 2 is 1.71 bits per heavy atom. The van der Waals surface area contributed by atoms with Crippen molar-refractivity contribution in [1.82, 2.24) is 14.8 Å². The molecular weight excluding hydrogens is 404 g/mol. The first-order chi connectivity index (χ1) is 14.8. The molecule has 1 amide bonds. The number of aromatic nitrogens is 3. The minimum Gasteiger partial charge on any atom is -0.321 e. The molecule has 2 aromatic carbocycles. The number of nitrogens with zero attached hydrogens (tertiary/aromatic N) is 3. The molecule has 0 aliphatic heterocycles. The quantitative estimate of drug-likeness (QED) is 0.441. The van der Waals surface area contributed by atoms with Gasteiger partial charge in [-0.15, -0.1) is 0 Å². The summed E-state index contributed by atoms with van der Waals surface area (Å²) in [6, 6.07) is 16.3. The van der Waals surface area contributed by atoms with Gasteiger partial charge < -0.3 is 5.32 Å². The molecule has 0 atom stereocenters. The zero-order chi connectivity index (χ0) is 22.1. The number of hydrogen-bond donors (Lipinski definition) is 1. The van der Waals surface area contributed by atoms with Crippen LogP contribution in [0.3, 0.4) is 0 Å². The molecule has 0 radical (unpaired) electrons. The van der Waals surface area contributed by atoms with Gasteiger partial charge in [-0.3, -0.25) is 4.79 Å². The molecule has 4 aromatic rings. The molecule has 0 saturated carbocycles. The van der Waals surface area contributed by atoms with Gasteiger partial charge in [-0.2, -0.15) is 5.10 Å². The van der Waals surface area contributed by atoms with E-state index in [1.807, 2.05) is 56.6 Å². The molecule has 0 aliphatic rings. The Bertz CT molecular complexity index is 1250. The molecule has 1 N–H and O–H groups in total. The number of anilines is 1. The Labute approximate surface area is 186 Å². The van der Waals surface area contributed by atoms with Crippen molar-refractivity contribution in [2.75, 3.05) is 5.32 Å². The van der Waals surface area contributed by atoms with E-state index in [4.69, 9.17) is 5.10 Å². The van der Waals surface area contributed by atoms with Gasteiger partial charge >= 0.3 is 0 Å². The van der Waals surface area contributed by atoms with Crippen LogP contribution in [0.2, 0.25) is 0 Å². The van der Waals surface area contributed by atoms with Crippen molar-refractivity contribution in [2.24, 2.45) is 0 Å². The van der Waals surface area contributed by atoms with Crippen molar-refractivity contribution in [2.45, 2.75) is 41.0 Å². The van der Waals surface area contributed by atoms with Crippen molar-refractivity contribution in [3.05, 3.63) is 92.7 Å². The van der Waals surface area contributed by atoms with E-state index in [-0.39, 0.29) is 5.91 Å². The van der Waals surface area contributed by atoms with Gasteiger partial charge in [-0.25, -0.2) is 9.67 Å². The maximum atomic E-state index is 13.0. The van der Waals surface area contributed by atoms with Crippen LogP contribution in [0, 0.1) is 34.6 Å². The van der Waals surface area contributed by atoms with Crippen LogP contribution in [0.4, 0.5) is 5.69 Å². The van der Waals surface area contributed by atoms with Crippen LogP contribution in [0.15, 0.2) is 48.5 Å². The number of carbonyl (C=O) groups excluding carboxylic acids is 1. The topological polar surface area (TPSA) is 59.8 Å². The van der Waals surface area contributed by atoms with Gasteiger partial charge in [0.2, 0.25) is 5.13 Å². The molecule has 31 heavy (non-hydrogen) atoms. The van der Waals surface area contributed by atoms with Crippen molar-refractivity contribution in [3.8, 4) is 5.13 Å². The van der Waals surface area contributed by atoms with Crippen LogP contribution < -0.4 is 5.32 Å². The number of thiazole rings is 1. The molecule has 0 fully saturated rings. The first-order valence-electron chi connectivity index (χ1n) is 10.3. The van der Waals surface area contributed by atoms with E-state index in [9.17, 15) is 4.79 Å². The summed E-state index contributed by atoms with van der Waals surface area (Å²) < 4.78 is 1.86. The third kappa shape index (κ3) is 4.16. The fraction of sp³-hybridized carbons (Fsp3) is 0.240. The molecule has 0 aliphatic carbocycles. The van der Waals surface area contributed by atoms with Crippen LogP contribution in [0.1, 0.15) is 49.0 Å². The highest BCUT2D eigenvalue weighted by Gasteiger charge is 2.20. The Morgan fingerprint density at radius 3 is 2.45 bits per heavy atom.